The van der Waals surface area contributed by atoms with Gasteiger partial charge in [0, 0.05) is 39.1 Å². The fraction of sp³-hybridized carbons (Fsp3) is 0.350. The summed E-state index contributed by atoms with van der Waals surface area (Å²) in [6.07, 6.45) is 5.67. The maximum absolute atomic E-state index is 5.55. The van der Waals surface area contributed by atoms with Gasteiger partial charge in [0.05, 0.1) is 25.3 Å². The quantitative estimate of drug-likeness (QED) is 0.692. The summed E-state index contributed by atoms with van der Waals surface area (Å²) in [6.45, 7) is 4.20. The van der Waals surface area contributed by atoms with Gasteiger partial charge in [-0.15, -0.1) is 0 Å². The molecule has 0 N–H and O–H groups in total. The molecule has 1 aliphatic heterocycles. The average Bonchev–Trinajstić information content (AvgIpc) is 3.31. The predicted molar refractivity (Wildman–Crippen MR) is 95.2 cm³/mol. The number of benzene rings is 1. The van der Waals surface area contributed by atoms with E-state index in [1.165, 1.54) is 11.1 Å². The second-order valence-corrected chi connectivity index (χ2v) is 6.47. The van der Waals surface area contributed by atoms with Crippen LogP contribution >= 0.6 is 0 Å². The number of fused-ring (bicyclic) bond motifs is 1. The first kappa shape index (κ1) is 16.1. The smallest absolute Gasteiger partial charge is 0.117 e. The Balaban J connectivity index is 1.64. The van der Waals surface area contributed by atoms with Crippen molar-refractivity contribution in [2.24, 2.45) is 0 Å². The molecule has 5 nitrogen and oxygen atoms in total. The lowest BCUT2D eigenvalue weighted by molar-refractivity contribution is 0.183. The van der Waals surface area contributed by atoms with E-state index < -0.39 is 0 Å². The lowest BCUT2D eigenvalue weighted by atomic mass is 9.89. The van der Waals surface area contributed by atoms with E-state index in [1.54, 1.807) is 13.4 Å². The van der Waals surface area contributed by atoms with Crippen LogP contribution in [0.1, 0.15) is 28.6 Å². The van der Waals surface area contributed by atoms with Crippen LogP contribution in [-0.4, -0.2) is 34.7 Å². The van der Waals surface area contributed by atoms with Gasteiger partial charge in [-0.1, -0.05) is 24.3 Å². The third-order valence-corrected chi connectivity index (χ3v) is 4.82. The lowest BCUT2D eigenvalue weighted by Gasteiger charge is -2.34. The van der Waals surface area contributed by atoms with E-state index >= 15 is 0 Å². The van der Waals surface area contributed by atoms with Crippen LogP contribution in [0.3, 0.4) is 0 Å². The van der Waals surface area contributed by atoms with E-state index in [9.17, 15) is 0 Å². The highest BCUT2D eigenvalue weighted by atomic mass is 16.5. The van der Waals surface area contributed by atoms with Crippen LogP contribution in [-0.2, 0) is 24.4 Å². The second-order valence-electron chi connectivity index (χ2n) is 6.47. The lowest BCUT2D eigenvalue weighted by Crippen LogP contribution is -2.34. The largest absolute Gasteiger partial charge is 0.468 e. The Morgan fingerprint density at radius 2 is 2.16 bits per heavy atom. The Hall–Kier alpha value is -2.37. The molecule has 0 radical (unpaired) electrons. The Morgan fingerprint density at radius 1 is 1.24 bits per heavy atom. The average molecular weight is 337 g/mol. The molecule has 0 saturated heterocycles. The molecule has 2 aromatic heterocycles. The maximum Gasteiger partial charge on any atom is 0.117 e. The zero-order valence-corrected chi connectivity index (χ0v) is 14.5. The van der Waals surface area contributed by atoms with Gasteiger partial charge in [0.15, 0.2) is 0 Å². The molecule has 3 aromatic rings. The first-order valence-electron chi connectivity index (χ1n) is 8.67. The molecule has 0 saturated carbocycles. The highest BCUT2D eigenvalue weighted by Crippen LogP contribution is 2.33. The fourth-order valence-corrected chi connectivity index (χ4v) is 3.65. The van der Waals surface area contributed by atoms with E-state index in [0.29, 0.717) is 6.61 Å². The monoisotopic (exact) mass is 337 g/mol. The van der Waals surface area contributed by atoms with E-state index in [-0.39, 0.29) is 5.92 Å². The van der Waals surface area contributed by atoms with Crippen LogP contribution in [0.4, 0.5) is 0 Å². The van der Waals surface area contributed by atoms with Gasteiger partial charge in [0.25, 0.3) is 0 Å². The number of rotatable bonds is 6. The minimum atomic E-state index is 0.256. The first-order valence-corrected chi connectivity index (χ1v) is 8.67. The van der Waals surface area contributed by atoms with Gasteiger partial charge in [-0.25, -0.2) is 4.98 Å². The van der Waals surface area contributed by atoms with Crippen molar-refractivity contribution in [3.63, 3.8) is 0 Å². The Kier molecular flexibility index (Phi) is 4.68. The molecule has 1 aliphatic rings. The number of hydrogen-bond donors (Lipinski definition) is 0. The molecule has 3 heterocycles. The number of methoxy groups -OCH3 is 1. The van der Waals surface area contributed by atoms with E-state index in [0.717, 1.165) is 37.8 Å². The molecule has 130 valence electrons. The van der Waals surface area contributed by atoms with Crippen molar-refractivity contribution >= 4 is 0 Å². The third kappa shape index (κ3) is 3.38. The summed E-state index contributed by atoms with van der Waals surface area (Å²) < 4.78 is 13.0. The van der Waals surface area contributed by atoms with Gasteiger partial charge >= 0.3 is 0 Å². The Morgan fingerprint density at radius 3 is 3.00 bits per heavy atom. The van der Waals surface area contributed by atoms with E-state index in [2.05, 4.69) is 38.7 Å². The molecule has 1 aromatic carbocycles. The molecule has 4 rings (SSSR count). The number of furan rings is 1. The summed E-state index contributed by atoms with van der Waals surface area (Å²) in [4.78, 5) is 7.11. The normalized spacial score (nSPS) is 17.6. The van der Waals surface area contributed by atoms with Crippen LogP contribution < -0.4 is 0 Å². The summed E-state index contributed by atoms with van der Waals surface area (Å²) in [6, 6.07) is 12.7. The molecule has 1 unspecified atom stereocenters. The van der Waals surface area contributed by atoms with Crippen molar-refractivity contribution in [1.82, 2.24) is 14.5 Å². The van der Waals surface area contributed by atoms with E-state index in [4.69, 9.17) is 9.15 Å². The minimum Gasteiger partial charge on any atom is -0.468 e. The molecule has 25 heavy (non-hydrogen) atoms. The maximum atomic E-state index is 5.55. The molecule has 0 spiro atoms. The summed E-state index contributed by atoms with van der Waals surface area (Å²) >= 11 is 0. The zero-order valence-electron chi connectivity index (χ0n) is 14.5. The standard InChI is InChI=1S/C20H23N3O2/c1-24-12-10-23-9-8-21-20(23)19-15-22(14-17-6-4-11-25-17)13-16-5-2-3-7-18(16)19/h2-9,11,19H,10,12-15H2,1H3. The minimum absolute atomic E-state index is 0.256. The van der Waals surface area contributed by atoms with Gasteiger partial charge in [-0.05, 0) is 23.3 Å². The first-order chi connectivity index (χ1) is 12.3. The summed E-state index contributed by atoms with van der Waals surface area (Å²) in [7, 11) is 1.73. The highest BCUT2D eigenvalue weighted by molar-refractivity contribution is 5.37. The van der Waals surface area contributed by atoms with Gasteiger partial charge in [-0.3, -0.25) is 4.90 Å². The third-order valence-electron chi connectivity index (χ3n) is 4.82. The molecule has 5 heteroatoms. The van der Waals surface area contributed by atoms with Gasteiger partial charge < -0.3 is 13.7 Å². The molecule has 0 fully saturated rings. The van der Waals surface area contributed by atoms with Crippen molar-refractivity contribution in [1.29, 1.82) is 0 Å². The fourth-order valence-electron chi connectivity index (χ4n) is 3.65. The van der Waals surface area contributed by atoms with Crippen molar-refractivity contribution < 1.29 is 9.15 Å². The zero-order chi connectivity index (χ0) is 17.1. The van der Waals surface area contributed by atoms with Gasteiger partial charge in [-0.2, -0.15) is 0 Å². The van der Waals surface area contributed by atoms with Crippen LogP contribution in [0.15, 0.2) is 59.5 Å². The van der Waals surface area contributed by atoms with E-state index in [1.807, 2.05) is 24.5 Å². The molecule has 0 aliphatic carbocycles. The summed E-state index contributed by atoms with van der Waals surface area (Å²) in [5.41, 5.74) is 2.75. The van der Waals surface area contributed by atoms with Crippen molar-refractivity contribution in [2.75, 3.05) is 20.3 Å². The number of hydrogen-bond acceptors (Lipinski definition) is 4. The van der Waals surface area contributed by atoms with Crippen molar-refractivity contribution in [2.45, 2.75) is 25.6 Å². The molecule has 0 amide bonds. The highest BCUT2D eigenvalue weighted by Gasteiger charge is 2.29. The summed E-state index contributed by atoms with van der Waals surface area (Å²) in [5.74, 6) is 2.36. The molecular formula is C20H23N3O2. The van der Waals surface area contributed by atoms with Crippen LogP contribution in [0.25, 0.3) is 0 Å². The van der Waals surface area contributed by atoms with Crippen LogP contribution in [0, 0.1) is 0 Å². The van der Waals surface area contributed by atoms with Gasteiger partial charge in [0.2, 0.25) is 0 Å². The molecule has 1 atom stereocenters. The number of nitrogens with zero attached hydrogens (tertiary/aromatic N) is 3. The SMILES string of the molecule is COCCn1ccnc1C1CN(Cc2ccco2)Cc2ccccc21. The van der Waals surface area contributed by atoms with Gasteiger partial charge in [0.1, 0.15) is 11.6 Å². The van der Waals surface area contributed by atoms with Crippen LogP contribution in [0.2, 0.25) is 0 Å². The topological polar surface area (TPSA) is 43.4 Å². The number of ether oxygens (including phenoxy) is 1. The molecular weight excluding hydrogens is 314 g/mol. The Labute approximate surface area is 147 Å². The second kappa shape index (κ2) is 7.25. The number of aromatic nitrogens is 2. The number of imidazole rings is 1. The van der Waals surface area contributed by atoms with Crippen molar-refractivity contribution in [3.8, 4) is 0 Å². The predicted octanol–water partition coefficient (Wildman–Crippen LogP) is 3.27. The summed E-state index contributed by atoms with van der Waals surface area (Å²) in [5, 5.41) is 0. The Bertz CT molecular complexity index is 810. The van der Waals surface area contributed by atoms with Crippen molar-refractivity contribution in [3.05, 3.63) is 77.8 Å². The molecule has 0 bridgehead atoms. The van der Waals surface area contributed by atoms with Crippen LogP contribution in [0.5, 0.6) is 0 Å².